The lowest BCUT2D eigenvalue weighted by Crippen LogP contribution is -2.40. The van der Waals surface area contributed by atoms with Crippen LogP contribution >= 0.6 is 0 Å². The number of amides is 2. The van der Waals surface area contributed by atoms with Crippen LogP contribution in [-0.2, 0) is 22.6 Å². The molecule has 0 bridgehead atoms. The molecule has 0 saturated carbocycles. The van der Waals surface area contributed by atoms with Gasteiger partial charge in [-0.05, 0) is 35.1 Å². The highest BCUT2D eigenvalue weighted by Gasteiger charge is 2.13. The number of aromatic amines is 1. The van der Waals surface area contributed by atoms with E-state index in [2.05, 4.69) is 29.5 Å². The minimum Gasteiger partial charge on any atom is -0.361 e. The summed E-state index contributed by atoms with van der Waals surface area (Å²) in [5.41, 5.74) is 4.41. The number of hydrogen-bond donors (Lipinski definition) is 3. The van der Waals surface area contributed by atoms with Crippen molar-refractivity contribution in [1.29, 1.82) is 0 Å². The molecule has 2 amide bonds. The predicted molar refractivity (Wildman–Crippen MR) is 107 cm³/mol. The Bertz CT molecular complexity index is 926. The Morgan fingerprint density at radius 1 is 0.963 bits per heavy atom. The Kier molecular flexibility index (Phi) is 5.91. The van der Waals surface area contributed by atoms with E-state index in [4.69, 9.17) is 0 Å². The van der Waals surface area contributed by atoms with Gasteiger partial charge in [-0.3, -0.25) is 9.59 Å². The van der Waals surface area contributed by atoms with Gasteiger partial charge in [0.05, 0.1) is 0 Å². The van der Waals surface area contributed by atoms with Gasteiger partial charge in [0.15, 0.2) is 0 Å². The molecule has 1 heterocycles. The lowest BCUT2D eigenvalue weighted by molar-refractivity contribution is -0.139. The van der Waals surface area contributed by atoms with Crippen molar-refractivity contribution in [3.63, 3.8) is 0 Å². The largest absolute Gasteiger partial charge is 0.361 e. The molecular weight excluding hydrogens is 338 g/mol. The van der Waals surface area contributed by atoms with Crippen molar-refractivity contribution in [3.8, 4) is 0 Å². The van der Waals surface area contributed by atoms with E-state index in [1.54, 1.807) is 0 Å². The lowest BCUT2D eigenvalue weighted by Gasteiger charge is -2.08. The van der Waals surface area contributed by atoms with Crippen LogP contribution in [0.1, 0.15) is 36.5 Å². The first kappa shape index (κ1) is 18.7. The summed E-state index contributed by atoms with van der Waals surface area (Å²) >= 11 is 0. The Labute approximate surface area is 159 Å². The molecule has 3 rings (SSSR count). The number of hydrogen-bond acceptors (Lipinski definition) is 2. The zero-order valence-corrected chi connectivity index (χ0v) is 15.7. The van der Waals surface area contributed by atoms with E-state index >= 15 is 0 Å². The third kappa shape index (κ3) is 4.76. The third-order valence-electron chi connectivity index (χ3n) is 4.66. The van der Waals surface area contributed by atoms with Crippen LogP contribution in [-0.4, -0.2) is 23.3 Å². The van der Waals surface area contributed by atoms with Gasteiger partial charge in [0.25, 0.3) is 0 Å². The molecule has 0 aliphatic rings. The van der Waals surface area contributed by atoms with Crippen molar-refractivity contribution >= 4 is 22.7 Å². The summed E-state index contributed by atoms with van der Waals surface area (Å²) in [6.07, 6.45) is 2.61. The summed E-state index contributed by atoms with van der Waals surface area (Å²) < 4.78 is 0. The van der Waals surface area contributed by atoms with E-state index < -0.39 is 11.8 Å². The Morgan fingerprint density at radius 3 is 2.41 bits per heavy atom. The summed E-state index contributed by atoms with van der Waals surface area (Å²) in [4.78, 5) is 27.1. The monoisotopic (exact) mass is 363 g/mol. The third-order valence-corrected chi connectivity index (χ3v) is 4.66. The Morgan fingerprint density at radius 2 is 1.67 bits per heavy atom. The highest BCUT2D eigenvalue weighted by Crippen LogP contribution is 2.17. The molecule has 5 heteroatoms. The fraction of sp³-hybridized carbons (Fsp3) is 0.273. The fourth-order valence-electron chi connectivity index (χ4n) is 3.01. The highest BCUT2D eigenvalue weighted by atomic mass is 16.2. The van der Waals surface area contributed by atoms with E-state index in [1.165, 1.54) is 5.56 Å². The molecule has 3 aromatic rings. The number of para-hydroxylation sites is 1. The van der Waals surface area contributed by atoms with Crippen LogP contribution < -0.4 is 10.6 Å². The molecule has 0 unspecified atom stereocenters. The van der Waals surface area contributed by atoms with Crippen molar-refractivity contribution in [2.75, 3.05) is 6.54 Å². The summed E-state index contributed by atoms with van der Waals surface area (Å²) in [7, 11) is 0. The second-order valence-electron chi connectivity index (χ2n) is 6.94. The van der Waals surface area contributed by atoms with Gasteiger partial charge in [0.1, 0.15) is 0 Å². The van der Waals surface area contributed by atoms with E-state index in [0.717, 1.165) is 22.0 Å². The molecule has 0 fully saturated rings. The number of nitrogens with one attached hydrogen (secondary N) is 3. The minimum atomic E-state index is -0.609. The zero-order chi connectivity index (χ0) is 19.2. The van der Waals surface area contributed by atoms with Crippen LogP contribution in [0.2, 0.25) is 0 Å². The summed E-state index contributed by atoms with van der Waals surface area (Å²) in [5.74, 6) is -0.743. The van der Waals surface area contributed by atoms with Crippen LogP contribution in [0.3, 0.4) is 0 Å². The first-order chi connectivity index (χ1) is 13.0. The minimum absolute atomic E-state index is 0.340. The van der Waals surface area contributed by atoms with Crippen molar-refractivity contribution < 1.29 is 9.59 Å². The predicted octanol–water partition coefficient (Wildman–Crippen LogP) is 3.27. The molecule has 140 valence electrons. The molecule has 0 spiro atoms. The number of benzene rings is 2. The highest BCUT2D eigenvalue weighted by molar-refractivity contribution is 6.35. The molecule has 0 aliphatic heterocycles. The second kappa shape index (κ2) is 8.54. The van der Waals surface area contributed by atoms with Crippen molar-refractivity contribution in [2.24, 2.45) is 0 Å². The quantitative estimate of drug-likeness (QED) is 0.588. The molecule has 0 radical (unpaired) electrons. The maximum Gasteiger partial charge on any atom is 0.309 e. The lowest BCUT2D eigenvalue weighted by atomic mass is 10.0. The number of aromatic nitrogens is 1. The maximum absolute atomic E-state index is 12.0. The number of rotatable bonds is 6. The molecule has 0 atom stereocenters. The van der Waals surface area contributed by atoms with E-state index in [1.807, 2.05) is 54.7 Å². The molecule has 0 aliphatic carbocycles. The SMILES string of the molecule is CC(C)c1ccc(CNC(=O)C(=O)NCCc2c[nH]c3ccccc23)cc1. The molecule has 3 N–H and O–H groups in total. The summed E-state index contributed by atoms with van der Waals surface area (Å²) in [5, 5.41) is 6.48. The van der Waals surface area contributed by atoms with Gasteiger partial charge in [0, 0.05) is 30.2 Å². The van der Waals surface area contributed by atoms with Gasteiger partial charge >= 0.3 is 11.8 Å². The normalized spacial score (nSPS) is 10.9. The van der Waals surface area contributed by atoms with Gasteiger partial charge in [0.2, 0.25) is 0 Å². The topological polar surface area (TPSA) is 74.0 Å². The molecular formula is C22H25N3O2. The average molecular weight is 363 g/mol. The molecule has 0 saturated heterocycles. The van der Waals surface area contributed by atoms with Gasteiger partial charge in [-0.15, -0.1) is 0 Å². The Hall–Kier alpha value is -3.08. The van der Waals surface area contributed by atoms with Gasteiger partial charge in [-0.2, -0.15) is 0 Å². The molecule has 5 nitrogen and oxygen atoms in total. The van der Waals surface area contributed by atoms with Gasteiger partial charge < -0.3 is 15.6 Å². The average Bonchev–Trinajstić information content (AvgIpc) is 3.09. The van der Waals surface area contributed by atoms with Crippen molar-refractivity contribution in [3.05, 3.63) is 71.4 Å². The summed E-state index contributed by atoms with van der Waals surface area (Å²) in [6.45, 7) is 5.03. The smallest absolute Gasteiger partial charge is 0.309 e. The zero-order valence-electron chi connectivity index (χ0n) is 15.7. The Balaban J connectivity index is 1.44. The standard InChI is InChI=1S/C22H25N3O2/c1-15(2)17-9-7-16(8-10-17)13-25-22(27)21(26)23-12-11-18-14-24-20-6-4-3-5-19(18)20/h3-10,14-15,24H,11-13H2,1-2H3,(H,23,26)(H,25,27). The molecule has 1 aromatic heterocycles. The van der Waals surface area contributed by atoms with E-state index in [-0.39, 0.29) is 0 Å². The summed E-state index contributed by atoms with van der Waals surface area (Å²) in [6, 6.07) is 16.1. The van der Waals surface area contributed by atoms with E-state index in [9.17, 15) is 9.59 Å². The first-order valence-corrected chi connectivity index (χ1v) is 9.24. The van der Waals surface area contributed by atoms with Gasteiger partial charge in [-0.25, -0.2) is 0 Å². The molecule has 2 aromatic carbocycles. The number of H-pyrrole nitrogens is 1. The van der Waals surface area contributed by atoms with Gasteiger partial charge in [-0.1, -0.05) is 56.3 Å². The van der Waals surface area contributed by atoms with Crippen LogP contribution in [0.5, 0.6) is 0 Å². The van der Waals surface area contributed by atoms with E-state index in [0.29, 0.717) is 25.4 Å². The second-order valence-corrected chi connectivity index (χ2v) is 6.94. The fourth-order valence-corrected chi connectivity index (χ4v) is 3.01. The maximum atomic E-state index is 12.0. The van der Waals surface area contributed by atoms with Crippen molar-refractivity contribution in [1.82, 2.24) is 15.6 Å². The van der Waals surface area contributed by atoms with Crippen molar-refractivity contribution in [2.45, 2.75) is 32.7 Å². The van der Waals surface area contributed by atoms with Crippen LogP contribution in [0.15, 0.2) is 54.7 Å². The van der Waals surface area contributed by atoms with Crippen LogP contribution in [0, 0.1) is 0 Å². The number of carbonyl (C=O) groups excluding carboxylic acids is 2. The molecule has 27 heavy (non-hydrogen) atoms. The first-order valence-electron chi connectivity index (χ1n) is 9.24. The number of carbonyl (C=O) groups is 2. The van der Waals surface area contributed by atoms with Crippen LogP contribution in [0.25, 0.3) is 10.9 Å². The van der Waals surface area contributed by atoms with Crippen LogP contribution in [0.4, 0.5) is 0 Å². The number of fused-ring (bicyclic) bond motifs is 1.